The molecule has 0 atom stereocenters. The second kappa shape index (κ2) is 2.86. The van der Waals surface area contributed by atoms with Gasteiger partial charge in [-0.3, -0.25) is 5.10 Å². The molecule has 1 aliphatic rings. The third-order valence-corrected chi connectivity index (χ3v) is 3.29. The minimum atomic E-state index is 0.0520. The molecule has 0 spiro atoms. The van der Waals surface area contributed by atoms with Gasteiger partial charge in [-0.15, -0.1) is 0 Å². The molecule has 0 saturated carbocycles. The van der Waals surface area contributed by atoms with E-state index in [1.54, 1.807) is 0 Å². The molecule has 2 N–H and O–H groups in total. The zero-order valence-electron chi connectivity index (χ0n) is 5.71. The molecule has 0 radical (unpaired) electrons. The number of halogens is 1. The maximum absolute atomic E-state index is 8.88. The Hall–Kier alpha value is -0.490. The molecule has 0 bridgehead atoms. The highest BCUT2D eigenvalue weighted by Crippen LogP contribution is 2.19. The van der Waals surface area contributed by atoms with Crippen LogP contribution in [0.1, 0.15) is 17.0 Å². The topological polar surface area (TPSA) is 48.9 Å². The molecule has 2 heterocycles. The van der Waals surface area contributed by atoms with Gasteiger partial charge in [0.1, 0.15) is 0 Å². The van der Waals surface area contributed by atoms with E-state index in [1.807, 2.05) is 6.08 Å². The van der Waals surface area contributed by atoms with Crippen LogP contribution in [-0.4, -0.2) is 19.3 Å². The first-order chi connectivity index (χ1) is 5.42. The Kier molecular flexibility index (Phi) is 1.87. The fourth-order valence-corrected chi connectivity index (χ4v) is 2.78. The molecule has 11 heavy (non-hydrogen) atoms. The fourth-order valence-electron chi connectivity index (χ4n) is 0.967. The first-order valence-corrected chi connectivity index (χ1v) is 5.71. The number of aromatic nitrogens is 2. The van der Waals surface area contributed by atoms with Crippen LogP contribution in [0.2, 0.25) is 0 Å². The van der Waals surface area contributed by atoms with Crippen LogP contribution >= 0.6 is 20.7 Å². The summed E-state index contributed by atoms with van der Waals surface area (Å²) in [5.74, 6) is 0. The number of rotatable bonds is 1. The zero-order chi connectivity index (χ0) is 7.68. The molecule has 0 aromatic carbocycles. The lowest BCUT2D eigenvalue weighted by atomic mass is 10.2. The van der Waals surface area contributed by atoms with Gasteiger partial charge in [0.2, 0.25) is 0 Å². The highest BCUT2D eigenvalue weighted by Gasteiger charge is 2.08. The van der Waals surface area contributed by atoms with E-state index < -0.39 is 0 Å². The molecule has 1 aliphatic heterocycles. The molecule has 0 aliphatic carbocycles. The number of aliphatic hydroxyl groups excluding tert-OH is 1. The van der Waals surface area contributed by atoms with Gasteiger partial charge in [-0.25, -0.2) is 0 Å². The van der Waals surface area contributed by atoms with Gasteiger partial charge in [-0.05, 0) is 14.2 Å². The van der Waals surface area contributed by atoms with Gasteiger partial charge >= 0.3 is 0 Å². The molecule has 0 saturated heterocycles. The number of aliphatic hydroxyl groups is 1. The van der Waals surface area contributed by atoms with Crippen molar-refractivity contribution < 1.29 is 5.11 Å². The molecule has 4 heteroatoms. The average molecular weight is 262 g/mol. The van der Waals surface area contributed by atoms with Crippen LogP contribution in [0.4, 0.5) is 0 Å². The van der Waals surface area contributed by atoms with Crippen molar-refractivity contribution in [2.45, 2.75) is 6.61 Å². The minimum absolute atomic E-state index is 0.0520. The molecule has 58 valence electrons. The first-order valence-electron chi connectivity index (χ1n) is 3.21. The molecule has 1 aromatic rings. The molecular weight excluding hydrogens is 255 g/mol. The number of nitrogens with one attached hydrogen (secondary N) is 1. The van der Waals surface area contributed by atoms with Crippen LogP contribution in [0.5, 0.6) is 0 Å². The van der Waals surface area contributed by atoms with Crippen molar-refractivity contribution in [3.05, 3.63) is 21.0 Å². The van der Waals surface area contributed by atoms with Crippen molar-refractivity contribution >= 4 is 30.8 Å². The van der Waals surface area contributed by atoms with Crippen molar-refractivity contribution in [1.29, 1.82) is 0 Å². The predicted octanol–water partition coefficient (Wildman–Crippen LogP) is 1.01. The lowest BCUT2D eigenvalue weighted by Crippen LogP contribution is -1.90. The number of nitrogens with zero attached hydrogens (tertiary/aromatic N) is 1. The molecule has 3 nitrogen and oxygen atoms in total. The third-order valence-electron chi connectivity index (χ3n) is 1.54. The van der Waals surface area contributed by atoms with Gasteiger partial charge in [0.15, 0.2) is 0 Å². The Morgan fingerprint density at radius 3 is 3.36 bits per heavy atom. The van der Waals surface area contributed by atoms with E-state index in [-0.39, 0.29) is 27.3 Å². The highest BCUT2D eigenvalue weighted by atomic mass is 127. The van der Waals surface area contributed by atoms with Crippen LogP contribution in [0, 0.1) is 0 Å². The lowest BCUT2D eigenvalue weighted by Gasteiger charge is -1.95. The van der Waals surface area contributed by atoms with Crippen LogP contribution in [0.25, 0.3) is 6.08 Å². The molecule has 0 amide bonds. The number of hydrogen-bond donors (Lipinski definition) is 2. The quantitative estimate of drug-likeness (QED) is 0.742. The summed E-state index contributed by atoms with van der Waals surface area (Å²) >= 11 is 0.0523. The second-order valence-corrected chi connectivity index (χ2v) is 4.25. The van der Waals surface area contributed by atoms with Gasteiger partial charge in [-0.1, -0.05) is 20.7 Å². The monoisotopic (exact) mass is 262 g/mol. The molecule has 2 rings (SSSR count). The summed E-state index contributed by atoms with van der Waals surface area (Å²) in [6.07, 6.45) is 2.01. The van der Waals surface area contributed by atoms with Gasteiger partial charge in [-0.2, -0.15) is 5.10 Å². The second-order valence-electron chi connectivity index (χ2n) is 2.19. The summed E-state index contributed by atoms with van der Waals surface area (Å²) in [6, 6.07) is 0. The van der Waals surface area contributed by atoms with Crippen molar-refractivity contribution in [2.75, 3.05) is 0 Å². The van der Waals surface area contributed by atoms with Crippen LogP contribution in [-0.2, 0) is 6.61 Å². The molecular formula is C7H7IN2O. The van der Waals surface area contributed by atoms with Gasteiger partial charge in [0.05, 0.1) is 18.0 Å². The lowest BCUT2D eigenvalue weighted by molar-refractivity contribution is 0.276. The maximum atomic E-state index is 8.88. The predicted molar refractivity (Wildman–Crippen MR) is 52.7 cm³/mol. The van der Waals surface area contributed by atoms with E-state index >= 15 is 0 Å². The zero-order valence-corrected chi connectivity index (χ0v) is 7.87. The smallest absolute Gasteiger partial charge is 0.0933 e. The fraction of sp³-hybridized carbons (Fsp3) is 0.143. The van der Waals surface area contributed by atoms with E-state index in [4.69, 9.17) is 5.11 Å². The standard InChI is InChI=1S/C7H7IN2O/c11-4-7-5-3-8-2-1-6(5)9-10-7/h1-3,11H,4H2,(H,9,10). The normalized spacial score (nSPS) is 14.3. The first kappa shape index (κ1) is 7.17. The summed E-state index contributed by atoms with van der Waals surface area (Å²) < 4.78 is 4.33. The van der Waals surface area contributed by atoms with Crippen LogP contribution in [0.15, 0.2) is 4.08 Å². The SMILES string of the molecule is OCc1[nH]nc2c1C=IC=C2. The Labute approximate surface area is 73.9 Å². The third kappa shape index (κ3) is 1.16. The number of fused-ring (bicyclic) bond motifs is 1. The van der Waals surface area contributed by atoms with Crippen molar-refractivity contribution in [1.82, 2.24) is 10.2 Å². The summed E-state index contributed by atoms with van der Waals surface area (Å²) in [4.78, 5) is 0. The van der Waals surface area contributed by atoms with Crippen LogP contribution in [0.3, 0.4) is 0 Å². The van der Waals surface area contributed by atoms with Crippen LogP contribution < -0.4 is 0 Å². The van der Waals surface area contributed by atoms with E-state index in [1.165, 1.54) is 0 Å². The summed E-state index contributed by atoms with van der Waals surface area (Å²) in [5, 5.41) is 15.7. The highest BCUT2D eigenvalue weighted by molar-refractivity contribution is 14.2. The minimum Gasteiger partial charge on any atom is -0.390 e. The van der Waals surface area contributed by atoms with Crippen molar-refractivity contribution in [3.8, 4) is 0 Å². The molecule has 0 unspecified atom stereocenters. The van der Waals surface area contributed by atoms with Crippen molar-refractivity contribution in [3.63, 3.8) is 0 Å². The Bertz CT molecular complexity index is 327. The maximum Gasteiger partial charge on any atom is 0.0933 e. The molecule has 1 aromatic heterocycles. The number of aromatic amines is 1. The Morgan fingerprint density at radius 1 is 1.64 bits per heavy atom. The number of hydrogen-bond acceptors (Lipinski definition) is 2. The summed E-state index contributed by atoms with van der Waals surface area (Å²) in [5.41, 5.74) is 2.90. The molecule has 0 fully saturated rings. The Balaban J connectivity index is 2.57. The largest absolute Gasteiger partial charge is 0.390 e. The van der Waals surface area contributed by atoms with E-state index in [0.717, 1.165) is 17.0 Å². The summed E-state index contributed by atoms with van der Waals surface area (Å²) in [7, 11) is 0. The summed E-state index contributed by atoms with van der Waals surface area (Å²) in [6.45, 7) is 0.0520. The Morgan fingerprint density at radius 2 is 2.55 bits per heavy atom. The van der Waals surface area contributed by atoms with Crippen molar-refractivity contribution in [2.24, 2.45) is 0 Å². The van der Waals surface area contributed by atoms with Gasteiger partial charge < -0.3 is 5.11 Å². The van der Waals surface area contributed by atoms with Gasteiger partial charge in [0.25, 0.3) is 0 Å². The van der Waals surface area contributed by atoms with E-state index in [9.17, 15) is 0 Å². The van der Waals surface area contributed by atoms with E-state index in [0.29, 0.717) is 0 Å². The number of H-pyrrole nitrogens is 1. The van der Waals surface area contributed by atoms with E-state index in [2.05, 4.69) is 18.3 Å². The van der Waals surface area contributed by atoms with Gasteiger partial charge in [0, 0.05) is 5.56 Å². The average Bonchev–Trinajstić information content (AvgIpc) is 2.47.